The highest BCUT2D eigenvalue weighted by Gasteiger charge is 2.11. The maximum atomic E-state index is 2.40. The van der Waals surface area contributed by atoms with Gasteiger partial charge in [0.1, 0.15) is 0 Å². The molecule has 0 heteroatoms. The minimum absolute atomic E-state index is 0.570. The monoisotopic (exact) mass is 252 g/mol. The normalized spacial score (nSPS) is 12.7. The first-order valence-electron chi connectivity index (χ1n) is 7.22. The van der Waals surface area contributed by atoms with E-state index in [0.717, 1.165) is 6.42 Å². The Morgan fingerprint density at radius 2 is 1.58 bits per heavy atom. The number of aryl methyl sites for hydroxylation is 1. The van der Waals surface area contributed by atoms with Crippen molar-refractivity contribution < 1.29 is 0 Å². The molecule has 0 nitrogen and oxygen atoms in total. The second-order valence-corrected chi connectivity index (χ2v) is 5.86. The van der Waals surface area contributed by atoms with Crippen molar-refractivity contribution in [2.75, 3.05) is 0 Å². The van der Waals surface area contributed by atoms with Crippen LogP contribution in [0.5, 0.6) is 0 Å². The van der Waals surface area contributed by atoms with Gasteiger partial charge in [0.15, 0.2) is 0 Å². The van der Waals surface area contributed by atoms with Crippen molar-refractivity contribution in [2.45, 2.75) is 46.0 Å². The zero-order valence-corrected chi connectivity index (χ0v) is 12.5. The molecule has 0 aliphatic rings. The Kier molecular flexibility index (Phi) is 4.42. The lowest BCUT2D eigenvalue weighted by atomic mass is 9.88. The lowest BCUT2D eigenvalue weighted by molar-refractivity contribution is 0.747. The van der Waals surface area contributed by atoms with Crippen molar-refractivity contribution in [1.82, 2.24) is 0 Å². The standard InChI is InChI=1S/C19H24/c1-14(2)18-11-10-15(3)19(13-18)16(4)12-17-8-6-5-7-9-17/h5-11,13-14,16H,12H2,1-4H3. The summed E-state index contributed by atoms with van der Waals surface area (Å²) in [5, 5.41) is 0. The Morgan fingerprint density at radius 1 is 0.895 bits per heavy atom. The first-order valence-corrected chi connectivity index (χ1v) is 7.22. The van der Waals surface area contributed by atoms with Crippen LogP contribution in [-0.4, -0.2) is 0 Å². The van der Waals surface area contributed by atoms with Gasteiger partial charge in [0.25, 0.3) is 0 Å². The van der Waals surface area contributed by atoms with E-state index in [1.54, 1.807) is 0 Å². The van der Waals surface area contributed by atoms with Gasteiger partial charge in [-0.25, -0.2) is 0 Å². The molecule has 1 unspecified atom stereocenters. The average molecular weight is 252 g/mol. The van der Waals surface area contributed by atoms with Gasteiger partial charge in [0.05, 0.1) is 0 Å². The molecule has 2 aromatic rings. The summed E-state index contributed by atoms with van der Waals surface area (Å²) in [5.74, 6) is 1.17. The molecule has 2 aromatic carbocycles. The Labute approximate surface area is 117 Å². The molecule has 19 heavy (non-hydrogen) atoms. The van der Waals surface area contributed by atoms with Crippen molar-refractivity contribution in [3.8, 4) is 0 Å². The first-order chi connectivity index (χ1) is 9.08. The molecule has 2 rings (SSSR count). The summed E-state index contributed by atoms with van der Waals surface area (Å²) in [4.78, 5) is 0. The zero-order chi connectivity index (χ0) is 13.8. The van der Waals surface area contributed by atoms with Gasteiger partial charge in [-0.3, -0.25) is 0 Å². The van der Waals surface area contributed by atoms with E-state index < -0.39 is 0 Å². The topological polar surface area (TPSA) is 0 Å². The highest BCUT2D eigenvalue weighted by Crippen LogP contribution is 2.27. The van der Waals surface area contributed by atoms with E-state index in [4.69, 9.17) is 0 Å². The first kappa shape index (κ1) is 13.9. The van der Waals surface area contributed by atoms with Gasteiger partial charge in [0, 0.05) is 0 Å². The van der Waals surface area contributed by atoms with Gasteiger partial charge in [-0.1, -0.05) is 69.3 Å². The Balaban J connectivity index is 2.23. The molecule has 100 valence electrons. The molecule has 0 amide bonds. The van der Waals surface area contributed by atoms with Gasteiger partial charge in [-0.15, -0.1) is 0 Å². The maximum absolute atomic E-state index is 2.40. The Bertz CT molecular complexity index is 523. The Morgan fingerprint density at radius 3 is 2.21 bits per heavy atom. The van der Waals surface area contributed by atoms with Crippen molar-refractivity contribution in [2.24, 2.45) is 0 Å². The third kappa shape index (κ3) is 3.47. The summed E-state index contributed by atoms with van der Waals surface area (Å²) in [7, 11) is 0. The molecule has 0 bridgehead atoms. The second kappa shape index (κ2) is 6.06. The fourth-order valence-corrected chi connectivity index (χ4v) is 2.63. The zero-order valence-electron chi connectivity index (χ0n) is 12.5. The van der Waals surface area contributed by atoms with Crippen molar-refractivity contribution in [3.05, 3.63) is 70.8 Å². The lowest BCUT2D eigenvalue weighted by Gasteiger charge is -2.17. The summed E-state index contributed by atoms with van der Waals surface area (Å²) < 4.78 is 0. The molecule has 0 saturated heterocycles. The second-order valence-electron chi connectivity index (χ2n) is 5.86. The van der Waals surface area contributed by atoms with Crippen LogP contribution in [0.3, 0.4) is 0 Å². The highest BCUT2D eigenvalue weighted by atomic mass is 14.2. The summed E-state index contributed by atoms with van der Waals surface area (Å²) in [5.41, 5.74) is 5.77. The largest absolute Gasteiger partial charge is 0.0622 e. The van der Waals surface area contributed by atoms with Gasteiger partial charge in [-0.05, 0) is 47.4 Å². The van der Waals surface area contributed by atoms with Crippen LogP contribution in [-0.2, 0) is 6.42 Å². The van der Waals surface area contributed by atoms with Crippen LogP contribution >= 0.6 is 0 Å². The molecule has 0 spiro atoms. The molecule has 0 aliphatic carbocycles. The molecule has 0 saturated carbocycles. The highest BCUT2D eigenvalue weighted by molar-refractivity contribution is 5.36. The lowest BCUT2D eigenvalue weighted by Crippen LogP contribution is -2.02. The predicted molar refractivity (Wildman–Crippen MR) is 83.8 cm³/mol. The van der Waals surface area contributed by atoms with E-state index in [9.17, 15) is 0 Å². The maximum Gasteiger partial charge on any atom is -0.0147 e. The van der Waals surface area contributed by atoms with Crippen LogP contribution in [0.1, 0.15) is 54.9 Å². The van der Waals surface area contributed by atoms with Crippen molar-refractivity contribution in [1.29, 1.82) is 0 Å². The summed E-state index contributed by atoms with van der Waals surface area (Å²) >= 11 is 0. The molecule has 0 aromatic heterocycles. The van der Waals surface area contributed by atoms with Crippen molar-refractivity contribution >= 4 is 0 Å². The minimum Gasteiger partial charge on any atom is -0.0622 e. The summed E-state index contributed by atoms with van der Waals surface area (Å²) in [6.45, 7) is 9.08. The Hall–Kier alpha value is -1.56. The molecule has 0 radical (unpaired) electrons. The van der Waals surface area contributed by atoms with E-state index in [1.165, 1.54) is 22.3 Å². The number of rotatable bonds is 4. The van der Waals surface area contributed by atoms with Crippen LogP contribution in [0.4, 0.5) is 0 Å². The fraction of sp³-hybridized carbons (Fsp3) is 0.368. The molecule has 0 heterocycles. The van der Waals surface area contributed by atoms with Crippen LogP contribution in [0.25, 0.3) is 0 Å². The molecule has 0 fully saturated rings. The predicted octanol–water partition coefficient (Wildman–Crippen LogP) is 5.46. The van der Waals surface area contributed by atoms with E-state index in [2.05, 4.69) is 76.2 Å². The number of hydrogen-bond donors (Lipinski definition) is 0. The van der Waals surface area contributed by atoms with Crippen molar-refractivity contribution in [3.63, 3.8) is 0 Å². The quantitative estimate of drug-likeness (QED) is 0.677. The molecular formula is C19H24. The van der Waals surface area contributed by atoms with Crippen LogP contribution in [0.2, 0.25) is 0 Å². The molecule has 0 aliphatic heterocycles. The van der Waals surface area contributed by atoms with Gasteiger partial charge in [-0.2, -0.15) is 0 Å². The van der Waals surface area contributed by atoms with E-state index in [-0.39, 0.29) is 0 Å². The number of hydrogen-bond acceptors (Lipinski definition) is 0. The average Bonchev–Trinajstić information content (AvgIpc) is 2.40. The SMILES string of the molecule is Cc1ccc(C(C)C)cc1C(C)Cc1ccccc1. The van der Waals surface area contributed by atoms with E-state index in [0.29, 0.717) is 11.8 Å². The van der Waals surface area contributed by atoms with Gasteiger partial charge in [0.2, 0.25) is 0 Å². The van der Waals surface area contributed by atoms with E-state index in [1.807, 2.05) is 0 Å². The van der Waals surface area contributed by atoms with Gasteiger partial charge >= 0.3 is 0 Å². The van der Waals surface area contributed by atoms with E-state index >= 15 is 0 Å². The third-order valence-electron chi connectivity index (χ3n) is 3.89. The smallest absolute Gasteiger partial charge is 0.0147 e. The van der Waals surface area contributed by atoms with Crippen LogP contribution in [0.15, 0.2) is 48.5 Å². The van der Waals surface area contributed by atoms with Gasteiger partial charge < -0.3 is 0 Å². The summed E-state index contributed by atoms with van der Waals surface area (Å²) in [6, 6.07) is 17.7. The molecule has 1 atom stereocenters. The van der Waals surface area contributed by atoms with Crippen LogP contribution in [0, 0.1) is 6.92 Å². The molecule has 0 N–H and O–H groups in total. The fourth-order valence-electron chi connectivity index (χ4n) is 2.63. The minimum atomic E-state index is 0.570. The molecular weight excluding hydrogens is 228 g/mol. The van der Waals surface area contributed by atoms with Crippen LogP contribution < -0.4 is 0 Å². The third-order valence-corrected chi connectivity index (χ3v) is 3.89. The summed E-state index contributed by atoms with van der Waals surface area (Å²) in [6.07, 6.45) is 1.11. The number of benzene rings is 2.